The number of rotatable bonds is 6. The Morgan fingerprint density at radius 1 is 1.00 bits per heavy atom. The van der Waals surface area contributed by atoms with Crippen molar-refractivity contribution in [2.24, 2.45) is 5.41 Å². The molecule has 136 valence electrons. The average Bonchev–Trinajstić information content (AvgIpc) is 2.63. The number of amides is 1. The van der Waals surface area contributed by atoms with E-state index in [1.807, 2.05) is 18.2 Å². The van der Waals surface area contributed by atoms with Gasteiger partial charge in [-0.25, -0.2) is 0 Å². The first-order chi connectivity index (χ1) is 12.0. The zero-order valence-corrected chi connectivity index (χ0v) is 14.8. The molecule has 0 atom stereocenters. The third-order valence-electron chi connectivity index (χ3n) is 4.52. The molecule has 1 aromatic rings. The van der Waals surface area contributed by atoms with Crippen LogP contribution in [0.3, 0.4) is 0 Å². The Balaban J connectivity index is 2.08. The second kappa shape index (κ2) is 8.65. The van der Waals surface area contributed by atoms with E-state index >= 15 is 0 Å². The van der Waals surface area contributed by atoms with Crippen molar-refractivity contribution < 1.29 is 23.9 Å². The summed E-state index contributed by atoms with van der Waals surface area (Å²) in [6.45, 7) is 4.82. The SMILES string of the molecule is CCOC(=O)CC1(C(=O)OCC)CCN(C(=O)c2ccccc2)CC1. The number of esters is 2. The van der Waals surface area contributed by atoms with Gasteiger partial charge in [-0.15, -0.1) is 0 Å². The molecule has 0 aromatic heterocycles. The zero-order valence-electron chi connectivity index (χ0n) is 14.8. The highest BCUT2D eigenvalue weighted by atomic mass is 16.5. The zero-order chi connectivity index (χ0) is 18.3. The fourth-order valence-electron chi connectivity index (χ4n) is 3.13. The van der Waals surface area contributed by atoms with Crippen molar-refractivity contribution in [2.45, 2.75) is 33.1 Å². The molecule has 1 aliphatic heterocycles. The molecule has 0 aliphatic carbocycles. The highest BCUT2D eigenvalue weighted by molar-refractivity contribution is 5.94. The minimum atomic E-state index is -0.907. The van der Waals surface area contributed by atoms with Crippen LogP contribution < -0.4 is 0 Å². The Morgan fingerprint density at radius 2 is 1.60 bits per heavy atom. The molecular weight excluding hydrogens is 322 g/mol. The minimum Gasteiger partial charge on any atom is -0.466 e. The molecule has 1 heterocycles. The lowest BCUT2D eigenvalue weighted by Gasteiger charge is -2.39. The van der Waals surface area contributed by atoms with E-state index in [1.54, 1.807) is 30.9 Å². The summed E-state index contributed by atoms with van der Waals surface area (Å²) in [5.41, 5.74) is -0.285. The van der Waals surface area contributed by atoms with E-state index in [4.69, 9.17) is 9.47 Å². The first-order valence-electron chi connectivity index (χ1n) is 8.69. The van der Waals surface area contributed by atoms with Crippen LogP contribution in [0, 0.1) is 5.41 Å². The van der Waals surface area contributed by atoms with E-state index in [9.17, 15) is 14.4 Å². The van der Waals surface area contributed by atoms with Gasteiger partial charge >= 0.3 is 11.9 Å². The van der Waals surface area contributed by atoms with Crippen LogP contribution in [0.4, 0.5) is 0 Å². The predicted molar refractivity (Wildman–Crippen MR) is 91.9 cm³/mol. The maximum absolute atomic E-state index is 12.5. The largest absolute Gasteiger partial charge is 0.466 e. The number of carbonyl (C=O) groups is 3. The Morgan fingerprint density at radius 3 is 2.16 bits per heavy atom. The van der Waals surface area contributed by atoms with E-state index in [-0.39, 0.29) is 31.5 Å². The summed E-state index contributed by atoms with van der Waals surface area (Å²) >= 11 is 0. The van der Waals surface area contributed by atoms with Crippen LogP contribution >= 0.6 is 0 Å². The highest BCUT2D eigenvalue weighted by Crippen LogP contribution is 2.37. The first-order valence-corrected chi connectivity index (χ1v) is 8.69. The molecule has 6 heteroatoms. The molecule has 1 aromatic carbocycles. The number of hydrogen-bond donors (Lipinski definition) is 0. The van der Waals surface area contributed by atoms with Crippen LogP contribution in [0.2, 0.25) is 0 Å². The Hall–Kier alpha value is -2.37. The molecule has 1 amide bonds. The predicted octanol–water partition coefficient (Wildman–Crippen LogP) is 2.43. The lowest BCUT2D eigenvalue weighted by atomic mass is 9.75. The molecule has 2 rings (SSSR count). The van der Waals surface area contributed by atoms with E-state index in [2.05, 4.69) is 0 Å². The molecule has 1 fully saturated rings. The lowest BCUT2D eigenvalue weighted by molar-refractivity contribution is -0.165. The molecule has 0 radical (unpaired) electrons. The smallest absolute Gasteiger partial charge is 0.312 e. The minimum absolute atomic E-state index is 0.00690. The third kappa shape index (κ3) is 4.59. The molecule has 1 aliphatic rings. The van der Waals surface area contributed by atoms with Crippen molar-refractivity contribution in [3.05, 3.63) is 35.9 Å². The number of nitrogens with zero attached hydrogens (tertiary/aromatic N) is 1. The fraction of sp³-hybridized carbons (Fsp3) is 0.526. The van der Waals surface area contributed by atoms with E-state index < -0.39 is 11.4 Å². The van der Waals surface area contributed by atoms with Crippen molar-refractivity contribution in [1.29, 1.82) is 0 Å². The van der Waals surface area contributed by atoms with Crippen LogP contribution in [-0.4, -0.2) is 49.0 Å². The quantitative estimate of drug-likeness (QED) is 0.739. The second-order valence-corrected chi connectivity index (χ2v) is 6.14. The standard InChI is InChI=1S/C19H25NO5/c1-3-24-16(21)14-19(18(23)25-4-2)10-12-20(13-11-19)17(22)15-8-6-5-7-9-15/h5-9H,3-4,10-14H2,1-2H3. The summed E-state index contributed by atoms with van der Waals surface area (Å²) in [6.07, 6.45) is 0.777. The monoisotopic (exact) mass is 347 g/mol. The Bertz CT molecular complexity index is 606. The number of likely N-dealkylation sites (tertiary alicyclic amines) is 1. The third-order valence-corrected chi connectivity index (χ3v) is 4.52. The molecule has 25 heavy (non-hydrogen) atoms. The van der Waals surface area contributed by atoms with Gasteiger partial charge in [0.05, 0.1) is 25.0 Å². The van der Waals surface area contributed by atoms with Gasteiger partial charge in [0.15, 0.2) is 0 Å². The topological polar surface area (TPSA) is 72.9 Å². The maximum Gasteiger partial charge on any atom is 0.312 e. The van der Waals surface area contributed by atoms with Crippen molar-refractivity contribution in [1.82, 2.24) is 4.90 Å². The molecule has 6 nitrogen and oxygen atoms in total. The number of carbonyl (C=O) groups excluding carboxylic acids is 3. The first kappa shape index (κ1) is 19.0. The van der Waals surface area contributed by atoms with Gasteiger partial charge < -0.3 is 14.4 Å². The van der Waals surface area contributed by atoms with Crippen LogP contribution in [0.15, 0.2) is 30.3 Å². The summed E-state index contributed by atoms with van der Waals surface area (Å²) in [6, 6.07) is 9.04. The number of ether oxygens (including phenoxy) is 2. The lowest BCUT2D eigenvalue weighted by Crippen LogP contribution is -2.48. The normalized spacial score (nSPS) is 16.2. The molecule has 1 saturated heterocycles. The van der Waals surface area contributed by atoms with Crippen molar-refractivity contribution in [3.8, 4) is 0 Å². The van der Waals surface area contributed by atoms with Crippen molar-refractivity contribution >= 4 is 17.8 Å². The van der Waals surface area contributed by atoms with Gasteiger partial charge in [-0.2, -0.15) is 0 Å². The summed E-state index contributed by atoms with van der Waals surface area (Å²) in [5, 5.41) is 0. The molecule has 0 saturated carbocycles. The van der Waals surface area contributed by atoms with E-state index in [0.717, 1.165) is 0 Å². The average molecular weight is 347 g/mol. The van der Waals surface area contributed by atoms with Crippen LogP contribution in [0.25, 0.3) is 0 Å². The van der Waals surface area contributed by atoms with E-state index in [1.165, 1.54) is 0 Å². The highest BCUT2D eigenvalue weighted by Gasteiger charge is 2.45. The molecule has 0 unspecified atom stereocenters. The number of hydrogen-bond acceptors (Lipinski definition) is 5. The number of benzene rings is 1. The van der Waals surface area contributed by atoms with Gasteiger partial charge in [0.1, 0.15) is 0 Å². The second-order valence-electron chi connectivity index (χ2n) is 6.14. The number of piperidine rings is 1. The molecular formula is C19H25NO5. The van der Waals surface area contributed by atoms with Crippen molar-refractivity contribution in [2.75, 3.05) is 26.3 Å². The van der Waals surface area contributed by atoms with Gasteiger partial charge in [0.2, 0.25) is 0 Å². The molecule has 0 bridgehead atoms. The van der Waals surface area contributed by atoms with Gasteiger partial charge in [0, 0.05) is 18.7 Å². The van der Waals surface area contributed by atoms with Gasteiger partial charge in [-0.05, 0) is 38.8 Å². The van der Waals surface area contributed by atoms with Gasteiger partial charge in [-0.3, -0.25) is 14.4 Å². The maximum atomic E-state index is 12.5. The van der Waals surface area contributed by atoms with Gasteiger partial charge in [-0.1, -0.05) is 18.2 Å². The summed E-state index contributed by atoms with van der Waals surface area (Å²) in [7, 11) is 0. The summed E-state index contributed by atoms with van der Waals surface area (Å²) < 4.78 is 10.2. The molecule has 0 N–H and O–H groups in total. The van der Waals surface area contributed by atoms with Crippen LogP contribution in [0.5, 0.6) is 0 Å². The Kier molecular flexibility index (Phi) is 6.56. The van der Waals surface area contributed by atoms with Gasteiger partial charge in [0.25, 0.3) is 5.91 Å². The van der Waals surface area contributed by atoms with Crippen LogP contribution in [-0.2, 0) is 19.1 Å². The van der Waals surface area contributed by atoms with E-state index in [0.29, 0.717) is 31.5 Å². The summed E-state index contributed by atoms with van der Waals surface area (Å²) in [4.78, 5) is 38.7. The summed E-state index contributed by atoms with van der Waals surface area (Å²) in [5.74, 6) is -0.845. The van der Waals surface area contributed by atoms with Crippen LogP contribution in [0.1, 0.15) is 43.5 Å². The fourth-order valence-corrected chi connectivity index (χ4v) is 3.13. The Labute approximate surface area is 148 Å². The van der Waals surface area contributed by atoms with Crippen molar-refractivity contribution in [3.63, 3.8) is 0 Å². The molecule has 0 spiro atoms.